The molecule has 40 heavy (non-hydrogen) atoms. The highest BCUT2D eigenvalue weighted by molar-refractivity contribution is 5.84. The molecule has 0 amide bonds. The molecule has 0 bridgehead atoms. The van der Waals surface area contributed by atoms with E-state index < -0.39 is 5.79 Å². The van der Waals surface area contributed by atoms with E-state index in [1.54, 1.807) is 12.2 Å². The van der Waals surface area contributed by atoms with Crippen molar-refractivity contribution in [3.05, 3.63) is 24.3 Å². The number of carbonyl (C=O) groups excluding carboxylic acids is 2. The van der Waals surface area contributed by atoms with Crippen molar-refractivity contribution < 1.29 is 19.1 Å². The van der Waals surface area contributed by atoms with Crippen molar-refractivity contribution in [1.29, 1.82) is 0 Å². The lowest BCUT2D eigenvalue weighted by Gasteiger charge is -2.32. The SMILES string of the molecule is CCCCCCCC/C=C/C(=O)OC(CCCCCC)(CCCCCCC)OC(=O)/C=C/CCCCCCCC. The topological polar surface area (TPSA) is 52.6 Å². The van der Waals surface area contributed by atoms with Crippen LogP contribution in [0.15, 0.2) is 24.3 Å². The molecule has 0 heterocycles. The smallest absolute Gasteiger partial charge is 0.333 e. The number of unbranched alkanes of at least 4 members (excludes halogenated alkanes) is 19. The summed E-state index contributed by atoms with van der Waals surface area (Å²) in [5, 5.41) is 0. The van der Waals surface area contributed by atoms with Gasteiger partial charge in [0.25, 0.3) is 5.79 Å². The summed E-state index contributed by atoms with van der Waals surface area (Å²) in [7, 11) is 0. The number of carbonyl (C=O) groups is 2. The first kappa shape index (κ1) is 38.4. The van der Waals surface area contributed by atoms with Crippen molar-refractivity contribution in [2.24, 2.45) is 0 Å². The van der Waals surface area contributed by atoms with Gasteiger partial charge in [-0.05, 0) is 38.5 Å². The van der Waals surface area contributed by atoms with Crippen molar-refractivity contribution in [2.45, 2.75) is 194 Å². The van der Waals surface area contributed by atoms with Gasteiger partial charge >= 0.3 is 11.9 Å². The van der Waals surface area contributed by atoms with Crippen LogP contribution < -0.4 is 0 Å². The Morgan fingerprint density at radius 3 is 1.12 bits per heavy atom. The van der Waals surface area contributed by atoms with E-state index in [0.717, 1.165) is 70.6 Å². The van der Waals surface area contributed by atoms with Crippen LogP contribution in [0.1, 0.15) is 188 Å². The summed E-state index contributed by atoms with van der Waals surface area (Å²) >= 11 is 0. The number of hydrogen-bond acceptors (Lipinski definition) is 4. The monoisotopic (exact) mass is 562 g/mol. The Morgan fingerprint density at radius 1 is 0.450 bits per heavy atom. The fraction of sp³-hybridized carbons (Fsp3) is 0.833. The predicted molar refractivity (Wildman–Crippen MR) is 171 cm³/mol. The third-order valence-electron chi connectivity index (χ3n) is 7.60. The highest BCUT2D eigenvalue weighted by Crippen LogP contribution is 2.30. The molecule has 0 N–H and O–H groups in total. The molecule has 0 fully saturated rings. The van der Waals surface area contributed by atoms with E-state index in [4.69, 9.17) is 9.47 Å². The highest BCUT2D eigenvalue weighted by Gasteiger charge is 2.37. The van der Waals surface area contributed by atoms with Gasteiger partial charge in [-0.2, -0.15) is 0 Å². The zero-order valence-corrected chi connectivity index (χ0v) is 27.1. The molecule has 0 radical (unpaired) electrons. The van der Waals surface area contributed by atoms with Crippen LogP contribution in [0.25, 0.3) is 0 Å². The van der Waals surface area contributed by atoms with Crippen LogP contribution >= 0.6 is 0 Å². The van der Waals surface area contributed by atoms with Crippen molar-refractivity contribution in [3.63, 3.8) is 0 Å². The van der Waals surface area contributed by atoms with Crippen molar-refractivity contribution in [1.82, 2.24) is 0 Å². The van der Waals surface area contributed by atoms with Crippen molar-refractivity contribution in [3.8, 4) is 0 Å². The van der Waals surface area contributed by atoms with Gasteiger partial charge in [-0.1, -0.05) is 149 Å². The zero-order valence-electron chi connectivity index (χ0n) is 27.1. The quantitative estimate of drug-likeness (QED) is 0.0394. The van der Waals surface area contributed by atoms with E-state index in [-0.39, 0.29) is 11.9 Å². The molecule has 0 aliphatic carbocycles. The lowest BCUT2D eigenvalue weighted by Crippen LogP contribution is -2.39. The van der Waals surface area contributed by atoms with E-state index >= 15 is 0 Å². The van der Waals surface area contributed by atoms with Gasteiger partial charge in [-0.15, -0.1) is 0 Å². The fourth-order valence-corrected chi connectivity index (χ4v) is 5.05. The van der Waals surface area contributed by atoms with Gasteiger partial charge in [-0.25, -0.2) is 9.59 Å². The molecule has 0 rings (SSSR count). The van der Waals surface area contributed by atoms with E-state index in [1.807, 2.05) is 12.2 Å². The number of ether oxygens (including phenoxy) is 2. The third-order valence-corrected chi connectivity index (χ3v) is 7.60. The van der Waals surface area contributed by atoms with Crippen LogP contribution in [0.5, 0.6) is 0 Å². The fourth-order valence-electron chi connectivity index (χ4n) is 5.05. The van der Waals surface area contributed by atoms with Gasteiger partial charge in [0.1, 0.15) is 0 Å². The van der Waals surface area contributed by atoms with E-state index in [1.165, 1.54) is 77.0 Å². The summed E-state index contributed by atoms with van der Waals surface area (Å²) in [4.78, 5) is 25.9. The molecule has 0 saturated heterocycles. The summed E-state index contributed by atoms with van der Waals surface area (Å²) in [5.41, 5.74) is 0. The van der Waals surface area contributed by atoms with Gasteiger partial charge in [0.15, 0.2) is 0 Å². The van der Waals surface area contributed by atoms with E-state index in [9.17, 15) is 9.59 Å². The molecule has 0 aliphatic heterocycles. The van der Waals surface area contributed by atoms with Gasteiger partial charge < -0.3 is 9.47 Å². The number of rotatable bonds is 29. The standard InChI is InChI=1S/C36H66O4/c1-5-9-13-17-19-21-23-26-30-34(37)39-36(32-28-16-12-8-4,33-29-25-15-11-7-3)40-35(38)31-27-24-22-20-18-14-10-6-2/h26-27,30-31H,5-25,28-29,32-33H2,1-4H3/b30-26+,31-27+. The molecule has 0 atom stereocenters. The molecule has 4 nitrogen and oxygen atoms in total. The maximum Gasteiger partial charge on any atom is 0.333 e. The van der Waals surface area contributed by atoms with Crippen LogP contribution in [-0.4, -0.2) is 17.7 Å². The largest absolute Gasteiger partial charge is 0.419 e. The number of hydrogen-bond donors (Lipinski definition) is 0. The molecule has 0 aromatic carbocycles. The molecule has 0 aliphatic rings. The zero-order chi connectivity index (χ0) is 29.6. The molecular formula is C36H66O4. The van der Waals surface area contributed by atoms with Gasteiger partial charge in [-0.3, -0.25) is 0 Å². The first-order chi connectivity index (χ1) is 19.5. The Balaban J connectivity index is 5.17. The highest BCUT2D eigenvalue weighted by atomic mass is 16.7. The predicted octanol–water partition coefficient (Wildman–Crippen LogP) is 11.7. The van der Waals surface area contributed by atoms with Gasteiger partial charge in [0, 0.05) is 25.0 Å². The van der Waals surface area contributed by atoms with Crippen LogP contribution in [0, 0.1) is 0 Å². The Bertz CT molecular complexity index is 597. The summed E-state index contributed by atoms with van der Waals surface area (Å²) < 4.78 is 12.1. The van der Waals surface area contributed by atoms with Crippen molar-refractivity contribution >= 4 is 11.9 Å². The first-order valence-electron chi connectivity index (χ1n) is 17.3. The molecule has 234 valence electrons. The average Bonchev–Trinajstić information content (AvgIpc) is 2.94. The second-order valence-electron chi connectivity index (χ2n) is 11.6. The normalized spacial score (nSPS) is 12.0. The molecule has 0 saturated carbocycles. The Hall–Kier alpha value is -1.58. The third kappa shape index (κ3) is 24.2. The molecule has 0 unspecified atom stereocenters. The van der Waals surface area contributed by atoms with Crippen molar-refractivity contribution in [2.75, 3.05) is 0 Å². The lowest BCUT2D eigenvalue weighted by molar-refractivity contribution is -0.228. The number of allylic oxidation sites excluding steroid dienone is 2. The minimum Gasteiger partial charge on any atom is -0.419 e. The van der Waals surface area contributed by atoms with Gasteiger partial charge in [0.2, 0.25) is 0 Å². The van der Waals surface area contributed by atoms with Crippen LogP contribution in [0.3, 0.4) is 0 Å². The molecule has 0 aromatic rings. The van der Waals surface area contributed by atoms with E-state index in [2.05, 4.69) is 27.7 Å². The second-order valence-corrected chi connectivity index (χ2v) is 11.6. The molecule has 4 heteroatoms. The second kappa shape index (κ2) is 28.9. The average molecular weight is 563 g/mol. The van der Waals surface area contributed by atoms with E-state index in [0.29, 0.717) is 12.8 Å². The maximum atomic E-state index is 12.9. The lowest BCUT2D eigenvalue weighted by atomic mass is 9.99. The summed E-state index contributed by atoms with van der Waals surface area (Å²) in [6, 6.07) is 0. The summed E-state index contributed by atoms with van der Waals surface area (Å²) in [6.45, 7) is 8.85. The summed E-state index contributed by atoms with van der Waals surface area (Å²) in [5.74, 6) is -1.96. The minimum absolute atomic E-state index is 0.390. The Kier molecular flexibility index (Phi) is 27.8. The Labute approximate surface area is 249 Å². The van der Waals surface area contributed by atoms with Crippen LogP contribution in [0.2, 0.25) is 0 Å². The summed E-state index contributed by atoms with van der Waals surface area (Å²) in [6.07, 6.45) is 34.3. The van der Waals surface area contributed by atoms with Gasteiger partial charge in [0.05, 0.1) is 0 Å². The Morgan fingerprint density at radius 2 is 0.750 bits per heavy atom. The molecule has 0 spiro atoms. The van der Waals surface area contributed by atoms with Crippen LogP contribution in [-0.2, 0) is 19.1 Å². The minimum atomic E-state index is -1.18. The number of esters is 2. The molecular weight excluding hydrogens is 496 g/mol. The van der Waals surface area contributed by atoms with Crippen LogP contribution in [0.4, 0.5) is 0 Å². The first-order valence-corrected chi connectivity index (χ1v) is 17.3. The molecule has 0 aromatic heterocycles. The maximum absolute atomic E-state index is 12.9.